The second-order valence-corrected chi connectivity index (χ2v) is 5.68. The summed E-state index contributed by atoms with van der Waals surface area (Å²) in [5, 5.41) is 5.58. The number of benzene rings is 1. The third-order valence-corrected chi connectivity index (χ3v) is 4.11. The molecular formula is C17H18N2O3. The van der Waals surface area contributed by atoms with Gasteiger partial charge in [0.05, 0.1) is 5.92 Å². The Morgan fingerprint density at radius 2 is 1.95 bits per heavy atom. The van der Waals surface area contributed by atoms with Crippen LogP contribution in [0.5, 0.6) is 0 Å². The average Bonchev–Trinajstić information content (AvgIpc) is 2.53. The predicted molar refractivity (Wildman–Crippen MR) is 80.4 cm³/mol. The molecule has 1 aliphatic heterocycles. The van der Waals surface area contributed by atoms with Crippen LogP contribution in [-0.2, 0) is 20.9 Å². The van der Waals surface area contributed by atoms with Crippen molar-refractivity contribution in [3.05, 3.63) is 47.2 Å². The lowest BCUT2D eigenvalue weighted by Crippen LogP contribution is -2.43. The van der Waals surface area contributed by atoms with Gasteiger partial charge in [0, 0.05) is 30.7 Å². The van der Waals surface area contributed by atoms with Crippen LogP contribution in [-0.4, -0.2) is 17.6 Å². The number of rotatable bonds is 3. The van der Waals surface area contributed by atoms with Crippen LogP contribution < -0.4 is 10.6 Å². The molecule has 3 rings (SSSR count). The molecule has 1 heterocycles. The molecule has 0 fully saturated rings. The van der Waals surface area contributed by atoms with Crippen LogP contribution in [0.25, 0.3) is 0 Å². The number of allylic oxidation sites excluding steroid dienone is 1. The summed E-state index contributed by atoms with van der Waals surface area (Å²) in [5.74, 6) is -1.10. The highest BCUT2D eigenvalue weighted by molar-refractivity contribution is 6.06. The Balaban J connectivity index is 1.75. The molecule has 1 unspecified atom stereocenters. The molecule has 2 aliphatic rings. The number of ketones is 1. The van der Waals surface area contributed by atoms with Crippen LogP contribution in [0.4, 0.5) is 0 Å². The number of hydrogen-bond donors (Lipinski definition) is 2. The third kappa shape index (κ3) is 2.93. The van der Waals surface area contributed by atoms with Crippen molar-refractivity contribution in [1.82, 2.24) is 10.6 Å². The van der Waals surface area contributed by atoms with E-state index in [4.69, 9.17) is 0 Å². The van der Waals surface area contributed by atoms with Crippen molar-refractivity contribution < 1.29 is 14.4 Å². The highest BCUT2D eigenvalue weighted by Gasteiger charge is 2.37. The van der Waals surface area contributed by atoms with Gasteiger partial charge in [-0.25, -0.2) is 0 Å². The number of carbonyl (C=O) groups excluding carboxylic acids is 3. The summed E-state index contributed by atoms with van der Waals surface area (Å²) < 4.78 is 0. The number of amides is 2. The number of carbonyl (C=O) groups is 3. The predicted octanol–water partition coefficient (Wildman–Crippen LogP) is 1.45. The van der Waals surface area contributed by atoms with Crippen LogP contribution in [0.3, 0.4) is 0 Å². The first-order valence-corrected chi connectivity index (χ1v) is 7.53. The van der Waals surface area contributed by atoms with Gasteiger partial charge in [0.2, 0.25) is 11.8 Å². The van der Waals surface area contributed by atoms with E-state index in [0.29, 0.717) is 30.7 Å². The lowest BCUT2D eigenvalue weighted by molar-refractivity contribution is -0.131. The first-order valence-electron chi connectivity index (χ1n) is 7.53. The van der Waals surface area contributed by atoms with Gasteiger partial charge in [-0.3, -0.25) is 14.4 Å². The zero-order valence-electron chi connectivity index (χ0n) is 12.2. The minimum atomic E-state index is -0.653. The van der Waals surface area contributed by atoms with Gasteiger partial charge >= 0.3 is 0 Å². The fraction of sp³-hybridized carbons (Fsp3) is 0.353. The van der Waals surface area contributed by atoms with Crippen LogP contribution in [0, 0.1) is 5.92 Å². The minimum Gasteiger partial charge on any atom is -0.351 e. The molecule has 0 saturated heterocycles. The summed E-state index contributed by atoms with van der Waals surface area (Å²) in [6.07, 6.45) is 1.90. The molecule has 0 bridgehead atoms. The van der Waals surface area contributed by atoms with Crippen molar-refractivity contribution in [3.8, 4) is 0 Å². The van der Waals surface area contributed by atoms with Crippen LogP contribution in [0.15, 0.2) is 41.6 Å². The fourth-order valence-electron chi connectivity index (χ4n) is 3.04. The molecule has 0 spiro atoms. The molecule has 1 aromatic carbocycles. The number of hydrogen-bond acceptors (Lipinski definition) is 3. The monoisotopic (exact) mass is 298 g/mol. The first kappa shape index (κ1) is 14.5. The quantitative estimate of drug-likeness (QED) is 0.887. The topological polar surface area (TPSA) is 75.3 Å². The van der Waals surface area contributed by atoms with Crippen molar-refractivity contribution in [2.45, 2.75) is 32.2 Å². The van der Waals surface area contributed by atoms with Crippen LogP contribution in [0.2, 0.25) is 0 Å². The third-order valence-electron chi connectivity index (χ3n) is 4.11. The van der Waals surface area contributed by atoms with E-state index in [2.05, 4.69) is 10.6 Å². The van der Waals surface area contributed by atoms with E-state index >= 15 is 0 Å². The summed E-state index contributed by atoms with van der Waals surface area (Å²) >= 11 is 0. The van der Waals surface area contributed by atoms with Crippen molar-refractivity contribution in [1.29, 1.82) is 0 Å². The second kappa shape index (κ2) is 6.13. The molecule has 2 amide bonds. The van der Waals surface area contributed by atoms with E-state index in [0.717, 1.165) is 12.0 Å². The van der Waals surface area contributed by atoms with Gasteiger partial charge in [0.25, 0.3) is 0 Å². The van der Waals surface area contributed by atoms with Crippen molar-refractivity contribution in [2.24, 2.45) is 5.92 Å². The Labute approximate surface area is 128 Å². The van der Waals surface area contributed by atoms with E-state index in [1.54, 1.807) is 0 Å². The highest BCUT2D eigenvalue weighted by Crippen LogP contribution is 2.31. The highest BCUT2D eigenvalue weighted by atomic mass is 16.2. The molecule has 1 atom stereocenters. The molecule has 0 radical (unpaired) electrons. The Hall–Kier alpha value is -2.43. The Morgan fingerprint density at radius 1 is 1.18 bits per heavy atom. The maximum absolute atomic E-state index is 12.4. The van der Waals surface area contributed by atoms with E-state index in [1.165, 1.54) is 0 Å². The molecule has 1 aromatic rings. The molecule has 1 aliphatic carbocycles. The SMILES string of the molecule is O=C1CC(C(=O)NCc2ccccc2)C2=C(CCCC2=O)N1. The lowest BCUT2D eigenvalue weighted by atomic mass is 9.81. The summed E-state index contributed by atoms with van der Waals surface area (Å²) in [5.41, 5.74) is 2.14. The minimum absolute atomic E-state index is 0.0129. The zero-order valence-corrected chi connectivity index (χ0v) is 12.2. The summed E-state index contributed by atoms with van der Waals surface area (Å²) in [4.78, 5) is 36.4. The summed E-state index contributed by atoms with van der Waals surface area (Å²) in [7, 11) is 0. The molecule has 0 aromatic heterocycles. The Morgan fingerprint density at radius 3 is 2.73 bits per heavy atom. The van der Waals surface area contributed by atoms with Gasteiger partial charge < -0.3 is 10.6 Å². The first-order chi connectivity index (χ1) is 10.6. The van der Waals surface area contributed by atoms with Crippen LogP contribution >= 0.6 is 0 Å². The maximum atomic E-state index is 12.4. The van der Waals surface area contributed by atoms with E-state index < -0.39 is 5.92 Å². The van der Waals surface area contributed by atoms with Gasteiger partial charge in [-0.05, 0) is 18.4 Å². The summed E-state index contributed by atoms with van der Waals surface area (Å²) in [6.45, 7) is 0.397. The van der Waals surface area contributed by atoms with Gasteiger partial charge in [-0.2, -0.15) is 0 Å². The Bertz CT molecular complexity index is 649. The normalized spacial score (nSPS) is 21.2. The zero-order chi connectivity index (χ0) is 15.5. The van der Waals surface area contributed by atoms with E-state index in [-0.39, 0.29) is 24.0 Å². The van der Waals surface area contributed by atoms with Gasteiger partial charge in [0.15, 0.2) is 5.78 Å². The van der Waals surface area contributed by atoms with Crippen molar-refractivity contribution >= 4 is 17.6 Å². The lowest BCUT2D eigenvalue weighted by Gasteiger charge is -2.30. The van der Waals surface area contributed by atoms with Gasteiger partial charge in [-0.15, -0.1) is 0 Å². The van der Waals surface area contributed by atoms with Crippen molar-refractivity contribution in [3.63, 3.8) is 0 Å². The molecule has 22 heavy (non-hydrogen) atoms. The number of Topliss-reactive ketones (excluding diaryl/α,β-unsaturated/α-hetero) is 1. The molecule has 2 N–H and O–H groups in total. The molecule has 0 saturated carbocycles. The van der Waals surface area contributed by atoms with Crippen LogP contribution in [0.1, 0.15) is 31.2 Å². The fourth-order valence-corrected chi connectivity index (χ4v) is 3.04. The Kier molecular flexibility index (Phi) is 4.04. The van der Waals surface area contributed by atoms with E-state index in [1.807, 2.05) is 30.3 Å². The molecule has 114 valence electrons. The second-order valence-electron chi connectivity index (χ2n) is 5.68. The largest absolute Gasteiger partial charge is 0.351 e. The maximum Gasteiger partial charge on any atom is 0.228 e. The average molecular weight is 298 g/mol. The van der Waals surface area contributed by atoms with Gasteiger partial charge in [-0.1, -0.05) is 30.3 Å². The number of nitrogens with one attached hydrogen (secondary N) is 2. The molecule has 5 heteroatoms. The molecule has 5 nitrogen and oxygen atoms in total. The summed E-state index contributed by atoms with van der Waals surface area (Å²) in [6, 6.07) is 9.56. The molecular weight excluding hydrogens is 280 g/mol. The smallest absolute Gasteiger partial charge is 0.228 e. The van der Waals surface area contributed by atoms with Gasteiger partial charge in [0.1, 0.15) is 0 Å². The van der Waals surface area contributed by atoms with E-state index in [9.17, 15) is 14.4 Å². The van der Waals surface area contributed by atoms with Crippen molar-refractivity contribution in [2.75, 3.05) is 0 Å². The standard InChI is InChI=1S/C17H18N2O3/c20-14-8-4-7-13-16(14)12(9-15(21)19-13)17(22)18-10-11-5-2-1-3-6-11/h1-3,5-6,12H,4,7-10H2,(H,18,22)(H,19,21).